The molecule has 1 aliphatic rings. The van der Waals surface area contributed by atoms with Gasteiger partial charge in [-0.2, -0.15) is 13.2 Å². The highest BCUT2D eigenvalue weighted by Gasteiger charge is 2.49. The van der Waals surface area contributed by atoms with Gasteiger partial charge in [-0.05, 0) is 30.4 Å². The zero-order valence-corrected chi connectivity index (χ0v) is 9.59. The van der Waals surface area contributed by atoms with Crippen molar-refractivity contribution in [3.8, 4) is 0 Å². The topological polar surface area (TPSA) is 20.2 Å². The number of alkyl halides is 3. The van der Waals surface area contributed by atoms with Crippen LogP contribution in [0.25, 0.3) is 0 Å². The van der Waals surface area contributed by atoms with Gasteiger partial charge < -0.3 is 5.11 Å². The van der Waals surface area contributed by atoms with E-state index in [4.69, 9.17) is 0 Å². The van der Waals surface area contributed by atoms with Crippen LogP contribution in [0, 0.1) is 5.92 Å². The molecular weight excluding hydrogens is 229 g/mol. The Balaban J connectivity index is 2.46. The van der Waals surface area contributed by atoms with Gasteiger partial charge >= 0.3 is 6.18 Å². The molecule has 2 rings (SSSR count). The molecule has 0 aliphatic heterocycles. The molecule has 0 aromatic heterocycles. The molecule has 0 spiro atoms. The van der Waals surface area contributed by atoms with Crippen molar-refractivity contribution in [2.45, 2.75) is 38.0 Å². The largest absolute Gasteiger partial charge is 0.416 e. The molecule has 1 nitrogen and oxygen atoms in total. The number of halogens is 3. The summed E-state index contributed by atoms with van der Waals surface area (Å²) in [5.74, 6) is -0.0639. The lowest BCUT2D eigenvalue weighted by molar-refractivity contribution is -0.148. The van der Waals surface area contributed by atoms with Crippen LogP contribution in [0.15, 0.2) is 24.3 Å². The molecule has 1 saturated carbocycles. The summed E-state index contributed by atoms with van der Waals surface area (Å²) >= 11 is 0. The van der Waals surface area contributed by atoms with Gasteiger partial charge in [0.1, 0.15) is 0 Å². The minimum absolute atomic E-state index is 0.0330. The van der Waals surface area contributed by atoms with Gasteiger partial charge in [0.05, 0.1) is 11.2 Å². The van der Waals surface area contributed by atoms with Gasteiger partial charge in [0.25, 0.3) is 0 Å². The summed E-state index contributed by atoms with van der Waals surface area (Å²) < 4.78 is 38.6. The Bertz CT molecular complexity index is 411. The van der Waals surface area contributed by atoms with Crippen molar-refractivity contribution in [1.82, 2.24) is 0 Å². The Morgan fingerprint density at radius 1 is 1.35 bits per heavy atom. The molecule has 4 heteroatoms. The monoisotopic (exact) mass is 244 g/mol. The first-order valence-electron chi connectivity index (χ1n) is 5.78. The summed E-state index contributed by atoms with van der Waals surface area (Å²) in [6.45, 7) is 1.89. The molecule has 1 aromatic carbocycles. The summed E-state index contributed by atoms with van der Waals surface area (Å²) in [6.07, 6.45) is -2.50. The third-order valence-corrected chi connectivity index (χ3v) is 3.74. The van der Waals surface area contributed by atoms with E-state index in [1.54, 1.807) is 6.07 Å². The SMILES string of the molecule is CCC1CCC1(O)c1ccccc1C(F)(F)F. The van der Waals surface area contributed by atoms with Crippen molar-refractivity contribution >= 4 is 0 Å². The standard InChI is InChI=1S/C13H15F3O/c1-2-9-7-8-12(9,17)10-5-3-4-6-11(10)13(14,15)16/h3-6,9,17H,2,7-8H2,1H3. The van der Waals surface area contributed by atoms with E-state index in [0.29, 0.717) is 12.8 Å². The van der Waals surface area contributed by atoms with E-state index in [1.165, 1.54) is 12.1 Å². The van der Waals surface area contributed by atoms with E-state index in [0.717, 1.165) is 12.5 Å². The van der Waals surface area contributed by atoms with Crippen molar-refractivity contribution in [2.24, 2.45) is 5.92 Å². The third kappa shape index (κ3) is 1.95. The zero-order valence-electron chi connectivity index (χ0n) is 9.59. The zero-order chi connectivity index (χ0) is 12.7. The predicted molar refractivity (Wildman–Crippen MR) is 58.4 cm³/mol. The normalized spacial score (nSPS) is 28.9. The molecule has 94 valence electrons. The summed E-state index contributed by atoms with van der Waals surface area (Å²) in [5.41, 5.74) is -1.97. The number of hydrogen-bond donors (Lipinski definition) is 1. The van der Waals surface area contributed by atoms with E-state index in [9.17, 15) is 18.3 Å². The summed E-state index contributed by atoms with van der Waals surface area (Å²) in [4.78, 5) is 0. The third-order valence-electron chi connectivity index (χ3n) is 3.74. The number of aliphatic hydroxyl groups is 1. The van der Waals surface area contributed by atoms with Crippen molar-refractivity contribution in [2.75, 3.05) is 0 Å². The second-order valence-corrected chi connectivity index (χ2v) is 4.61. The van der Waals surface area contributed by atoms with Crippen LogP contribution in [0.4, 0.5) is 13.2 Å². The Morgan fingerprint density at radius 2 is 2.00 bits per heavy atom. The maximum atomic E-state index is 12.9. The van der Waals surface area contributed by atoms with Crippen molar-refractivity contribution in [3.05, 3.63) is 35.4 Å². The fourth-order valence-electron chi connectivity index (χ4n) is 2.63. The van der Waals surface area contributed by atoms with Crippen molar-refractivity contribution in [3.63, 3.8) is 0 Å². The fraction of sp³-hybridized carbons (Fsp3) is 0.538. The fourth-order valence-corrected chi connectivity index (χ4v) is 2.63. The van der Waals surface area contributed by atoms with Crippen LogP contribution in [0.1, 0.15) is 37.3 Å². The molecule has 2 unspecified atom stereocenters. The molecule has 2 atom stereocenters. The molecule has 0 amide bonds. The van der Waals surface area contributed by atoms with E-state index in [-0.39, 0.29) is 11.5 Å². The van der Waals surface area contributed by atoms with E-state index in [1.807, 2.05) is 6.92 Å². The highest BCUT2D eigenvalue weighted by atomic mass is 19.4. The van der Waals surface area contributed by atoms with E-state index >= 15 is 0 Å². The maximum absolute atomic E-state index is 12.9. The Kier molecular flexibility index (Phi) is 2.94. The first kappa shape index (κ1) is 12.4. The van der Waals surface area contributed by atoms with Gasteiger partial charge in [-0.25, -0.2) is 0 Å². The lowest BCUT2D eigenvalue weighted by Crippen LogP contribution is -2.45. The van der Waals surface area contributed by atoms with Gasteiger partial charge in [0, 0.05) is 0 Å². The minimum Gasteiger partial charge on any atom is -0.385 e. The van der Waals surface area contributed by atoms with Crippen molar-refractivity contribution in [1.29, 1.82) is 0 Å². The average molecular weight is 244 g/mol. The molecular formula is C13H15F3O. The van der Waals surface area contributed by atoms with Crippen LogP contribution in [-0.4, -0.2) is 5.11 Å². The predicted octanol–water partition coefficient (Wildman–Crippen LogP) is 3.71. The van der Waals surface area contributed by atoms with Crippen LogP contribution in [-0.2, 0) is 11.8 Å². The Labute approximate surface area is 98.3 Å². The molecule has 1 N–H and O–H groups in total. The van der Waals surface area contributed by atoms with E-state index < -0.39 is 17.3 Å². The second kappa shape index (κ2) is 4.02. The van der Waals surface area contributed by atoms with Gasteiger partial charge in [-0.15, -0.1) is 0 Å². The summed E-state index contributed by atoms with van der Waals surface area (Å²) in [6, 6.07) is 5.34. The highest BCUT2D eigenvalue weighted by Crippen LogP contribution is 2.51. The average Bonchev–Trinajstić information content (AvgIpc) is 2.26. The minimum atomic E-state index is -4.40. The maximum Gasteiger partial charge on any atom is 0.416 e. The van der Waals surface area contributed by atoms with Crippen LogP contribution in [0.2, 0.25) is 0 Å². The van der Waals surface area contributed by atoms with E-state index in [2.05, 4.69) is 0 Å². The lowest BCUT2D eigenvalue weighted by atomic mass is 9.63. The van der Waals surface area contributed by atoms with Crippen LogP contribution in [0.5, 0.6) is 0 Å². The van der Waals surface area contributed by atoms with Crippen LogP contribution < -0.4 is 0 Å². The van der Waals surface area contributed by atoms with Gasteiger partial charge in [-0.3, -0.25) is 0 Å². The smallest absolute Gasteiger partial charge is 0.385 e. The first-order chi connectivity index (χ1) is 7.89. The first-order valence-corrected chi connectivity index (χ1v) is 5.78. The second-order valence-electron chi connectivity index (χ2n) is 4.61. The molecule has 0 saturated heterocycles. The summed E-state index contributed by atoms with van der Waals surface area (Å²) in [5, 5.41) is 10.4. The number of rotatable bonds is 2. The molecule has 1 fully saturated rings. The molecule has 0 bridgehead atoms. The summed E-state index contributed by atoms with van der Waals surface area (Å²) in [7, 11) is 0. The van der Waals surface area contributed by atoms with Crippen LogP contribution >= 0.6 is 0 Å². The van der Waals surface area contributed by atoms with Gasteiger partial charge in [0.15, 0.2) is 0 Å². The Morgan fingerprint density at radius 3 is 2.47 bits per heavy atom. The van der Waals surface area contributed by atoms with Gasteiger partial charge in [0.2, 0.25) is 0 Å². The van der Waals surface area contributed by atoms with Gasteiger partial charge in [-0.1, -0.05) is 31.5 Å². The number of hydrogen-bond acceptors (Lipinski definition) is 1. The highest BCUT2D eigenvalue weighted by molar-refractivity contribution is 5.36. The lowest BCUT2D eigenvalue weighted by Gasteiger charge is -2.46. The Hall–Kier alpha value is -1.03. The molecule has 0 heterocycles. The molecule has 1 aliphatic carbocycles. The molecule has 0 radical (unpaired) electrons. The van der Waals surface area contributed by atoms with Crippen molar-refractivity contribution < 1.29 is 18.3 Å². The quantitative estimate of drug-likeness (QED) is 0.840. The number of benzene rings is 1. The van der Waals surface area contributed by atoms with Crippen LogP contribution in [0.3, 0.4) is 0 Å². The molecule has 17 heavy (non-hydrogen) atoms. The molecule has 1 aromatic rings.